The third-order valence-electron chi connectivity index (χ3n) is 4.05. The van der Waals surface area contributed by atoms with Crippen molar-refractivity contribution in [3.8, 4) is 0 Å². The molecule has 1 atom stereocenters. The van der Waals surface area contributed by atoms with E-state index in [-0.39, 0.29) is 5.91 Å². The van der Waals surface area contributed by atoms with Gasteiger partial charge in [-0.05, 0) is 31.4 Å². The van der Waals surface area contributed by atoms with Crippen molar-refractivity contribution in [1.82, 2.24) is 9.88 Å². The quantitative estimate of drug-likeness (QED) is 0.892. The van der Waals surface area contributed by atoms with Crippen molar-refractivity contribution in [2.75, 3.05) is 29.6 Å². The molecule has 1 saturated heterocycles. The number of aromatic nitrogens is 1. The van der Waals surface area contributed by atoms with Gasteiger partial charge in [0.15, 0.2) is 5.13 Å². The summed E-state index contributed by atoms with van der Waals surface area (Å²) in [7, 11) is 1.87. The van der Waals surface area contributed by atoms with Crippen LogP contribution in [0.25, 0.3) is 0 Å². The molecule has 2 fully saturated rings. The fourth-order valence-electron chi connectivity index (χ4n) is 2.43. The lowest BCUT2D eigenvalue weighted by molar-refractivity contribution is 0.0753. The third kappa shape index (κ3) is 2.74. The van der Waals surface area contributed by atoms with E-state index < -0.39 is 0 Å². The maximum Gasteiger partial charge on any atom is 0.267 e. The predicted molar refractivity (Wildman–Crippen MR) is 85.6 cm³/mol. The summed E-state index contributed by atoms with van der Waals surface area (Å²) in [6.45, 7) is 0. The fraction of sp³-hybridized carbons (Fsp3) is 0.692. The predicted octanol–water partition coefficient (Wildman–Crippen LogP) is 2.27. The first-order chi connectivity index (χ1) is 9.65. The second-order valence-corrected chi connectivity index (χ2v) is 7.59. The zero-order valence-corrected chi connectivity index (χ0v) is 13.2. The van der Waals surface area contributed by atoms with Crippen LogP contribution in [0.5, 0.6) is 0 Å². The van der Waals surface area contributed by atoms with Gasteiger partial charge in [-0.3, -0.25) is 4.79 Å². The molecule has 2 heterocycles. The molecular formula is C13H20N4OS2. The molecule has 1 saturated carbocycles. The number of thiazole rings is 1. The molecule has 3 N–H and O–H groups in total. The van der Waals surface area contributed by atoms with Crippen LogP contribution in [-0.4, -0.2) is 46.4 Å². The van der Waals surface area contributed by atoms with Crippen molar-refractivity contribution in [2.45, 2.75) is 37.8 Å². The zero-order valence-electron chi connectivity index (χ0n) is 11.6. The molecule has 1 amide bonds. The van der Waals surface area contributed by atoms with Gasteiger partial charge in [-0.15, -0.1) is 0 Å². The standard InChI is InChI=1S/C13H20N4OS2/c1-17(9-5-6-19-7-9)12(18)10-11(14)16-13(20-10)15-8-3-2-4-8/h8-9H,2-7,14H2,1H3,(H,15,16). The van der Waals surface area contributed by atoms with Crippen molar-refractivity contribution >= 4 is 40.0 Å². The molecule has 5 nitrogen and oxygen atoms in total. The van der Waals surface area contributed by atoms with Crippen LogP contribution in [0.2, 0.25) is 0 Å². The molecule has 0 spiro atoms. The smallest absolute Gasteiger partial charge is 0.267 e. The summed E-state index contributed by atoms with van der Waals surface area (Å²) in [6.07, 6.45) is 4.70. The van der Waals surface area contributed by atoms with Gasteiger partial charge in [-0.25, -0.2) is 4.98 Å². The van der Waals surface area contributed by atoms with Crippen LogP contribution >= 0.6 is 23.1 Å². The number of nitrogens with two attached hydrogens (primary N) is 1. The van der Waals surface area contributed by atoms with E-state index in [0.717, 1.165) is 23.1 Å². The van der Waals surface area contributed by atoms with Gasteiger partial charge >= 0.3 is 0 Å². The summed E-state index contributed by atoms with van der Waals surface area (Å²) in [6, 6.07) is 0.838. The topological polar surface area (TPSA) is 71.2 Å². The van der Waals surface area contributed by atoms with Crippen LogP contribution in [0.15, 0.2) is 0 Å². The minimum Gasteiger partial charge on any atom is -0.382 e. The molecule has 1 unspecified atom stereocenters. The Morgan fingerprint density at radius 2 is 2.25 bits per heavy atom. The van der Waals surface area contributed by atoms with Crippen molar-refractivity contribution in [3.05, 3.63) is 4.88 Å². The number of thioether (sulfide) groups is 1. The van der Waals surface area contributed by atoms with Gasteiger partial charge < -0.3 is 16.0 Å². The van der Waals surface area contributed by atoms with E-state index in [1.807, 2.05) is 23.7 Å². The molecule has 0 aromatic carbocycles. The first kappa shape index (κ1) is 14.0. The number of rotatable bonds is 4. The van der Waals surface area contributed by atoms with Crippen LogP contribution in [0.3, 0.4) is 0 Å². The summed E-state index contributed by atoms with van der Waals surface area (Å²) in [5.41, 5.74) is 5.92. The number of hydrogen-bond donors (Lipinski definition) is 2. The summed E-state index contributed by atoms with van der Waals surface area (Å²) >= 11 is 3.29. The van der Waals surface area contributed by atoms with Crippen molar-refractivity contribution in [1.29, 1.82) is 0 Å². The molecule has 110 valence electrons. The third-order valence-corrected chi connectivity index (χ3v) is 6.19. The Kier molecular flexibility index (Phi) is 4.07. The molecule has 3 rings (SSSR count). The lowest BCUT2D eigenvalue weighted by atomic mass is 9.93. The van der Waals surface area contributed by atoms with Gasteiger partial charge in [-0.1, -0.05) is 11.3 Å². The van der Waals surface area contributed by atoms with Gasteiger partial charge in [0.05, 0.1) is 0 Å². The van der Waals surface area contributed by atoms with E-state index in [2.05, 4.69) is 10.3 Å². The number of nitrogens with zero attached hydrogens (tertiary/aromatic N) is 2. The second kappa shape index (κ2) is 5.81. The molecular weight excluding hydrogens is 292 g/mol. The van der Waals surface area contributed by atoms with Crippen LogP contribution in [0, 0.1) is 0 Å². The van der Waals surface area contributed by atoms with E-state index in [4.69, 9.17) is 5.73 Å². The zero-order chi connectivity index (χ0) is 14.1. The summed E-state index contributed by atoms with van der Waals surface area (Å²) in [5, 5.41) is 4.14. The van der Waals surface area contributed by atoms with Gasteiger partial charge in [-0.2, -0.15) is 11.8 Å². The van der Waals surface area contributed by atoms with E-state index in [1.165, 1.54) is 30.6 Å². The highest BCUT2D eigenvalue weighted by atomic mass is 32.2. The summed E-state index contributed by atoms with van der Waals surface area (Å²) in [5.74, 6) is 2.52. The minimum absolute atomic E-state index is 0.00848. The fourth-order valence-corrected chi connectivity index (χ4v) is 4.64. The molecule has 0 bridgehead atoms. The highest BCUT2D eigenvalue weighted by molar-refractivity contribution is 7.99. The SMILES string of the molecule is CN(C(=O)c1sc(NC2CCC2)nc1N)C1CCSC1. The maximum atomic E-state index is 12.5. The van der Waals surface area contributed by atoms with Crippen molar-refractivity contribution < 1.29 is 4.79 Å². The van der Waals surface area contributed by atoms with Crippen LogP contribution in [0.4, 0.5) is 10.9 Å². The Bertz CT molecular complexity index is 495. The molecule has 2 aliphatic rings. The Hall–Kier alpha value is -0.950. The van der Waals surface area contributed by atoms with E-state index >= 15 is 0 Å². The molecule has 7 heteroatoms. The second-order valence-electron chi connectivity index (χ2n) is 5.44. The summed E-state index contributed by atoms with van der Waals surface area (Å²) in [4.78, 5) is 19.2. The number of amides is 1. The highest BCUT2D eigenvalue weighted by Crippen LogP contribution is 2.31. The normalized spacial score (nSPS) is 22.6. The van der Waals surface area contributed by atoms with Crippen LogP contribution in [-0.2, 0) is 0 Å². The molecule has 1 aromatic heterocycles. The average molecular weight is 312 g/mol. The Labute approximate surface area is 127 Å². The van der Waals surface area contributed by atoms with Crippen LogP contribution < -0.4 is 11.1 Å². The average Bonchev–Trinajstić information content (AvgIpc) is 3.01. The van der Waals surface area contributed by atoms with Crippen molar-refractivity contribution in [3.63, 3.8) is 0 Å². The number of carbonyl (C=O) groups excluding carboxylic acids is 1. The summed E-state index contributed by atoms with van der Waals surface area (Å²) < 4.78 is 0. The Balaban J connectivity index is 1.69. The number of anilines is 2. The van der Waals surface area contributed by atoms with Gasteiger partial charge in [0, 0.05) is 24.9 Å². The monoisotopic (exact) mass is 312 g/mol. The number of hydrogen-bond acceptors (Lipinski definition) is 6. The lowest BCUT2D eigenvalue weighted by Gasteiger charge is -2.25. The molecule has 1 aromatic rings. The van der Waals surface area contributed by atoms with Crippen molar-refractivity contribution in [2.24, 2.45) is 0 Å². The first-order valence-corrected chi connectivity index (χ1v) is 9.00. The van der Waals surface area contributed by atoms with E-state index in [9.17, 15) is 4.79 Å². The number of carbonyl (C=O) groups is 1. The van der Waals surface area contributed by atoms with E-state index in [1.54, 1.807) is 0 Å². The van der Waals surface area contributed by atoms with Gasteiger partial charge in [0.2, 0.25) is 0 Å². The van der Waals surface area contributed by atoms with Crippen LogP contribution in [0.1, 0.15) is 35.4 Å². The maximum absolute atomic E-state index is 12.5. The highest BCUT2D eigenvalue weighted by Gasteiger charge is 2.28. The Morgan fingerprint density at radius 3 is 2.85 bits per heavy atom. The number of nitrogens with one attached hydrogen (secondary N) is 1. The molecule has 1 aliphatic carbocycles. The lowest BCUT2D eigenvalue weighted by Crippen LogP contribution is -2.36. The largest absolute Gasteiger partial charge is 0.382 e. The van der Waals surface area contributed by atoms with Gasteiger partial charge in [0.1, 0.15) is 10.7 Å². The van der Waals surface area contributed by atoms with E-state index in [0.29, 0.717) is 22.8 Å². The molecule has 1 aliphatic heterocycles. The minimum atomic E-state index is 0.00848. The number of nitrogen functional groups attached to an aromatic ring is 1. The first-order valence-electron chi connectivity index (χ1n) is 7.03. The molecule has 0 radical (unpaired) electrons. The van der Waals surface area contributed by atoms with Gasteiger partial charge in [0.25, 0.3) is 5.91 Å². The molecule has 20 heavy (non-hydrogen) atoms. The Morgan fingerprint density at radius 1 is 1.45 bits per heavy atom.